The molecule has 0 spiro atoms. The normalized spacial score (nSPS) is 10.3. The van der Waals surface area contributed by atoms with Gasteiger partial charge in [0.1, 0.15) is 0 Å². The van der Waals surface area contributed by atoms with E-state index in [-0.39, 0.29) is 0 Å². The highest BCUT2D eigenvalue weighted by molar-refractivity contribution is 4.41. The Morgan fingerprint density at radius 2 is 2.00 bits per heavy atom. The van der Waals surface area contributed by atoms with Gasteiger partial charge < -0.3 is 4.90 Å². The Bertz CT molecular complexity index is 35.1. The summed E-state index contributed by atoms with van der Waals surface area (Å²) in [6.45, 7) is 1.60. The molecule has 0 fully saturated rings. The number of hydrogen-bond donors (Lipinski definition) is 0. The zero-order valence-electron chi connectivity index (χ0n) is 5.07. The van der Waals surface area contributed by atoms with Crippen molar-refractivity contribution >= 4 is 0 Å². The molecule has 0 saturated carbocycles. The maximum Gasteiger partial charge on any atom is 0.0112 e. The second-order valence-electron chi connectivity index (χ2n) is 1.91. The number of nitrogens with zero attached hydrogens (tertiary/aromatic N) is 1. The van der Waals surface area contributed by atoms with E-state index in [2.05, 4.69) is 4.90 Å². The van der Waals surface area contributed by atoms with Crippen molar-refractivity contribution in [2.45, 2.75) is 6.42 Å². The third-order valence-electron chi connectivity index (χ3n) is 0.782. The Labute approximate surface area is 45.3 Å². The molecule has 0 aromatic heterocycles. The largest absolute Gasteiger partial charge is 0.309 e. The maximum atomic E-state index is 6.77. The van der Waals surface area contributed by atoms with Gasteiger partial charge in [-0.25, -0.2) is 0 Å². The second kappa shape index (κ2) is 4.09. The molecule has 43 valence electrons. The first-order chi connectivity index (χ1) is 3.27. The molecule has 0 rings (SSSR count). The fraction of sp³-hybridized carbons (Fsp3) is 1.00. The van der Waals surface area contributed by atoms with E-state index < -0.39 is 0 Å². The fourth-order valence-electron chi connectivity index (χ4n) is 0.395. The lowest BCUT2D eigenvalue weighted by Gasteiger charge is -2.05. The van der Waals surface area contributed by atoms with Crippen molar-refractivity contribution in [1.82, 2.24) is 10.6 Å². The fourth-order valence-corrected chi connectivity index (χ4v) is 0.395. The Kier molecular flexibility index (Phi) is 4.04. The summed E-state index contributed by atoms with van der Waals surface area (Å²) in [4.78, 5) is 2.09. The topological polar surface area (TPSA) is 27.0 Å². The summed E-state index contributed by atoms with van der Waals surface area (Å²) in [5.74, 6) is 0. The van der Waals surface area contributed by atoms with Crippen LogP contribution in [0.1, 0.15) is 6.42 Å². The highest BCUT2D eigenvalue weighted by Crippen LogP contribution is 1.77. The molecule has 0 atom stereocenters. The second-order valence-corrected chi connectivity index (χ2v) is 1.91. The highest BCUT2D eigenvalue weighted by Gasteiger charge is 1.84. The Hall–Kier alpha value is -0.0800. The van der Waals surface area contributed by atoms with Gasteiger partial charge in [0.2, 0.25) is 0 Å². The Morgan fingerprint density at radius 3 is 2.14 bits per heavy atom. The average molecular weight is 101 g/mol. The molecule has 0 aliphatic carbocycles. The van der Waals surface area contributed by atoms with E-state index in [9.17, 15) is 0 Å². The molecule has 0 aliphatic rings. The van der Waals surface area contributed by atoms with Gasteiger partial charge in [0.05, 0.1) is 0 Å². The van der Waals surface area contributed by atoms with Crippen LogP contribution in [-0.4, -0.2) is 32.1 Å². The van der Waals surface area contributed by atoms with Crippen LogP contribution in [0.15, 0.2) is 0 Å². The minimum atomic E-state index is 0.554. The Morgan fingerprint density at radius 1 is 1.43 bits per heavy atom. The van der Waals surface area contributed by atoms with E-state index in [1.54, 1.807) is 0 Å². The van der Waals surface area contributed by atoms with Crippen LogP contribution >= 0.6 is 0 Å². The third-order valence-corrected chi connectivity index (χ3v) is 0.782. The van der Waals surface area contributed by atoms with Crippen molar-refractivity contribution in [2.24, 2.45) is 0 Å². The minimum Gasteiger partial charge on any atom is -0.309 e. The lowest BCUT2D eigenvalue weighted by atomic mass is 10.4. The number of rotatable bonds is 3. The van der Waals surface area contributed by atoms with Crippen molar-refractivity contribution in [1.29, 1.82) is 0 Å². The van der Waals surface area contributed by atoms with Crippen molar-refractivity contribution < 1.29 is 0 Å². The predicted octanol–water partition coefficient (Wildman–Crippen LogP) is 0.221. The SMILES string of the molecule is CN(C)CCC[NH]. The first-order valence-electron chi connectivity index (χ1n) is 2.56. The molecule has 1 radical (unpaired) electrons. The van der Waals surface area contributed by atoms with Gasteiger partial charge in [-0.3, -0.25) is 5.73 Å². The average Bonchev–Trinajstić information content (AvgIpc) is 1.61. The standard InChI is InChI=1S/C5H13N2/c1-7(2)5-3-4-6/h6H,3-5H2,1-2H3. The highest BCUT2D eigenvalue weighted by atomic mass is 15.0. The lowest BCUT2D eigenvalue weighted by molar-refractivity contribution is 0.402. The van der Waals surface area contributed by atoms with E-state index in [1.165, 1.54) is 0 Å². The van der Waals surface area contributed by atoms with Crippen LogP contribution < -0.4 is 5.73 Å². The lowest BCUT2D eigenvalue weighted by Crippen LogP contribution is -2.14. The van der Waals surface area contributed by atoms with Gasteiger partial charge in [-0.05, 0) is 27.1 Å². The summed E-state index contributed by atoms with van der Waals surface area (Å²) in [6.07, 6.45) is 0.993. The van der Waals surface area contributed by atoms with Crippen molar-refractivity contribution in [3.8, 4) is 0 Å². The molecule has 0 aromatic rings. The van der Waals surface area contributed by atoms with Gasteiger partial charge in [-0.1, -0.05) is 0 Å². The van der Waals surface area contributed by atoms with Gasteiger partial charge in [-0.2, -0.15) is 0 Å². The summed E-state index contributed by atoms with van der Waals surface area (Å²) in [7, 11) is 4.05. The molecule has 2 heteroatoms. The molecule has 1 N–H and O–H groups in total. The maximum absolute atomic E-state index is 6.77. The molecule has 0 unspecified atom stereocenters. The summed E-state index contributed by atoms with van der Waals surface area (Å²) in [5, 5.41) is 0. The molecule has 0 aliphatic heterocycles. The zero-order chi connectivity index (χ0) is 5.70. The van der Waals surface area contributed by atoms with Gasteiger partial charge in [0.15, 0.2) is 0 Å². The monoisotopic (exact) mass is 101 g/mol. The number of nitrogens with one attached hydrogen (secondary N) is 1. The third kappa shape index (κ3) is 5.92. The van der Waals surface area contributed by atoms with Crippen LogP contribution in [0.4, 0.5) is 0 Å². The van der Waals surface area contributed by atoms with Gasteiger partial charge >= 0.3 is 0 Å². The van der Waals surface area contributed by atoms with Gasteiger partial charge in [0, 0.05) is 6.54 Å². The summed E-state index contributed by atoms with van der Waals surface area (Å²) < 4.78 is 0. The van der Waals surface area contributed by atoms with E-state index in [0.717, 1.165) is 13.0 Å². The molecule has 0 bridgehead atoms. The van der Waals surface area contributed by atoms with Crippen LogP contribution in [0, 0.1) is 0 Å². The molecule has 0 heterocycles. The van der Waals surface area contributed by atoms with Crippen LogP contribution in [0.3, 0.4) is 0 Å². The molecular formula is C5H13N2. The van der Waals surface area contributed by atoms with Crippen LogP contribution in [0.5, 0.6) is 0 Å². The van der Waals surface area contributed by atoms with Crippen molar-refractivity contribution in [3.05, 3.63) is 0 Å². The van der Waals surface area contributed by atoms with E-state index >= 15 is 0 Å². The Balaban J connectivity index is 2.68. The van der Waals surface area contributed by atoms with Crippen LogP contribution in [0.25, 0.3) is 0 Å². The summed E-state index contributed by atoms with van der Waals surface area (Å²) >= 11 is 0. The minimum absolute atomic E-state index is 0.554. The first kappa shape index (κ1) is 6.92. The molecule has 7 heavy (non-hydrogen) atoms. The van der Waals surface area contributed by atoms with Gasteiger partial charge in [0.25, 0.3) is 0 Å². The first-order valence-corrected chi connectivity index (χ1v) is 2.56. The quantitative estimate of drug-likeness (QED) is 0.499. The van der Waals surface area contributed by atoms with E-state index in [0.29, 0.717) is 6.54 Å². The zero-order valence-corrected chi connectivity index (χ0v) is 5.07. The molecule has 2 nitrogen and oxygen atoms in total. The molecular weight excluding hydrogens is 88.1 g/mol. The van der Waals surface area contributed by atoms with Crippen molar-refractivity contribution in [3.63, 3.8) is 0 Å². The van der Waals surface area contributed by atoms with Crippen molar-refractivity contribution in [2.75, 3.05) is 27.2 Å². The summed E-state index contributed by atoms with van der Waals surface area (Å²) in [6, 6.07) is 0. The molecule has 0 aromatic carbocycles. The predicted molar refractivity (Wildman–Crippen MR) is 31.1 cm³/mol. The van der Waals surface area contributed by atoms with Crippen LogP contribution in [0.2, 0.25) is 0 Å². The molecule has 0 amide bonds. The van der Waals surface area contributed by atoms with Crippen LogP contribution in [-0.2, 0) is 0 Å². The smallest absolute Gasteiger partial charge is 0.0112 e. The van der Waals surface area contributed by atoms with E-state index in [1.807, 2.05) is 14.1 Å². The van der Waals surface area contributed by atoms with E-state index in [4.69, 9.17) is 5.73 Å². The summed E-state index contributed by atoms with van der Waals surface area (Å²) in [5.41, 5.74) is 6.77. The molecule has 0 saturated heterocycles. The number of hydrogen-bond acceptors (Lipinski definition) is 1. The van der Waals surface area contributed by atoms with Gasteiger partial charge in [-0.15, -0.1) is 0 Å².